The number of rotatable bonds is 10. The summed E-state index contributed by atoms with van der Waals surface area (Å²) in [6, 6.07) is 2.23. The number of methoxy groups -OCH3 is 2. The molecule has 4 aliphatic heterocycles. The van der Waals surface area contributed by atoms with Gasteiger partial charge in [-0.1, -0.05) is 42.3 Å². The van der Waals surface area contributed by atoms with Gasteiger partial charge in [0.15, 0.2) is 5.72 Å². The quantitative estimate of drug-likeness (QED) is 0.109. The predicted molar refractivity (Wildman–Crippen MR) is 235 cm³/mol. The summed E-state index contributed by atoms with van der Waals surface area (Å²) >= 11 is 6.78. The van der Waals surface area contributed by atoms with Crippen molar-refractivity contribution in [2.75, 3.05) is 46.6 Å². The first-order chi connectivity index (χ1) is 31.2. The van der Waals surface area contributed by atoms with Crippen LogP contribution in [-0.4, -0.2) is 140 Å². The lowest BCUT2D eigenvalue weighted by atomic mass is 9.82. The monoisotopic (exact) mass is 942 g/mol. The molecule has 8 atom stereocenters. The van der Waals surface area contributed by atoms with Crippen LogP contribution in [0.15, 0.2) is 48.1 Å². The van der Waals surface area contributed by atoms with Crippen LogP contribution >= 0.6 is 11.6 Å². The normalized spacial score (nSPS) is 31.9. The van der Waals surface area contributed by atoms with Crippen LogP contribution in [0.1, 0.15) is 71.8 Å². The van der Waals surface area contributed by atoms with Gasteiger partial charge in [-0.15, -0.1) is 0 Å². The molecule has 2 N–H and O–H groups in total. The van der Waals surface area contributed by atoms with Gasteiger partial charge in [0.05, 0.1) is 31.2 Å². The van der Waals surface area contributed by atoms with Crippen molar-refractivity contribution in [3.8, 4) is 5.75 Å². The van der Waals surface area contributed by atoms with Gasteiger partial charge < -0.3 is 43.2 Å². The lowest BCUT2D eigenvalue weighted by Gasteiger charge is -2.42. The Bertz CT molecular complexity index is 2150. The van der Waals surface area contributed by atoms with Gasteiger partial charge >= 0.3 is 24.1 Å². The van der Waals surface area contributed by atoms with E-state index in [1.807, 2.05) is 13.0 Å². The minimum Gasteiger partial charge on any atom is -0.495 e. The molecule has 3 fully saturated rings. The molecule has 66 heavy (non-hydrogen) atoms. The number of esters is 2. The van der Waals surface area contributed by atoms with Crippen molar-refractivity contribution in [1.82, 2.24) is 15.1 Å². The SMILES string of the molecule is COc1cc2cc(c1Cl)N(C)C(=O)C[C@H](OC(=O)C(C)N(C)C(=O)OCOC(=O)C1CCC(CN3C(=O)C=CC3=O)CC1)[C@]1(C)O[C@H]1[C@H](C)[C@@H]1C[C@@](O)(NC(=O)O1)[C@H](OC)/C=C/C=C(\C)C2. The third-order valence-corrected chi connectivity index (χ3v) is 13.7. The van der Waals surface area contributed by atoms with E-state index in [0.29, 0.717) is 43.5 Å². The Morgan fingerprint density at radius 2 is 1.74 bits per heavy atom. The smallest absolute Gasteiger partial charge is 0.413 e. The maximum absolute atomic E-state index is 14.3. The number of hydrogen-bond acceptors (Lipinski definition) is 15. The van der Waals surface area contributed by atoms with E-state index in [1.165, 1.54) is 57.2 Å². The number of alkyl carbamates (subject to hydrolysis) is 1. The molecule has 4 bridgehead atoms. The molecule has 0 radical (unpaired) electrons. The van der Waals surface area contributed by atoms with Crippen molar-refractivity contribution >= 4 is 59.1 Å². The van der Waals surface area contributed by atoms with Crippen LogP contribution in [0.4, 0.5) is 15.3 Å². The second-order valence-electron chi connectivity index (χ2n) is 17.8. The fourth-order valence-electron chi connectivity index (χ4n) is 8.97. The molecule has 0 aromatic heterocycles. The third-order valence-electron chi connectivity index (χ3n) is 13.3. The predicted octanol–water partition coefficient (Wildman–Crippen LogP) is 4.36. The maximum Gasteiger partial charge on any atom is 0.413 e. The minimum atomic E-state index is -1.89. The van der Waals surface area contributed by atoms with E-state index < -0.39 is 96.9 Å². The van der Waals surface area contributed by atoms with Gasteiger partial charge in [-0.05, 0) is 76.5 Å². The highest BCUT2D eigenvalue weighted by Gasteiger charge is 2.64. The molecular weight excluding hydrogens is 884 g/mol. The molecule has 1 saturated carbocycles. The Balaban J connectivity index is 1.15. The standard InChI is InChI=1S/C46H59ClN4O15/c1-25-10-9-11-34(61-8)46(59)22-33(64-43(57)48-46)26(2)40-45(4,66-40)35(21-38(54)50(6)31-19-29(18-25)20-32(60-7)39(31)47)65-41(55)27(3)49(5)44(58)63-24-62-42(56)30-14-12-28(13-15-30)23-51-36(52)16-17-37(51)53/h9-11,16-17,19-20,26-28,30,33-35,40,59H,12-15,18,21-24H2,1-8H3,(H,48,57)/b11-9+,25-10+/t26-,27?,28?,30?,33+,34-,35+,40+,45+,46+/m1/s1. The Morgan fingerprint density at radius 3 is 2.39 bits per heavy atom. The number of ether oxygens (including phenoxy) is 7. The van der Waals surface area contributed by atoms with Gasteiger partial charge in [0.1, 0.15) is 40.7 Å². The molecule has 0 spiro atoms. The zero-order chi connectivity index (χ0) is 48.2. The Kier molecular flexibility index (Phi) is 15.6. The van der Waals surface area contributed by atoms with E-state index in [1.54, 1.807) is 38.1 Å². The molecule has 20 heteroatoms. The van der Waals surface area contributed by atoms with Gasteiger partial charge in [-0.2, -0.15) is 0 Å². The van der Waals surface area contributed by atoms with Crippen molar-refractivity contribution in [2.45, 2.75) is 114 Å². The molecule has 19 nitrogen and oxygen atoms in total. The Morgan fingerprint density at radius 1 is 1.06 bits per heavy atom. The summed E-state index contributed by atoms with van der Waals surface area (Å²) in [6.45, 7) is 6.25. The van der Waals surface area contributed by atoms with E-state index in [2.05, 4.69) is 5.32 Å². The molecule has 2 saturated heterocycles. The van der Waals surface area contributed by atoms with Crippen LogP contribution in [0.5, 0.6) is 5.75 Å². The van der Waals surface area contributed by atoms with E-state index in [0.717, 1.165) is 16.0 Å². The second-order valence-corrected chi connectivity index (χ2v) is 18.2. The summed E-state index contributed by atoms with van der Waals surface area (Å²) in [4.78, 5) is 94.5. The molecular formula is C46H59ClN4O15. The van der Waals surface area contributed by atoms with Crippen molar-refractivity contribution in [1.29, 1.82) is 0 Å². The Labute approximate surface area is 388 Å². The highest BCUT2D eigenvalue weighted by molar-refractivity contribution is 6.35. The lowest BCUT2D eigenvalue weighted by molar-refractivity contribution is -0.162. The number of aliphatic hydroxyl groups is 1. The van der Waals surface area contributed by atoms with Crippen LogP contribution in [0.25, 0.3) is 0 Å². The van der Waals surface area contributed by atoms with E-state index in [-0.39, 0.29) is 35.7 Å². The number of carbonyl (C=O) groups excluding carboxylic acids is 7. The summed E-state index contributed by atoms with van der Waals surface area (Å²) in [6.07, 6.45) is 3.84. The highest BCUT2D eigenvalue weighted by Crippen LogP contribution is 2.49. The summed E-state index contributed by atoms with van der Waals surface area (Å²) in [5, 5.41) is 14.5. The minimum absolute atomic E-state index is 0.0503. The lowest BCUT2D eigenvalue weighted by Crippen LogP contribution is -2.63. The van der Waals surface area contributed by atoms with Crippen LogP contribution < -0.4 is 15.0 Å². The van der Waals surface area contributed by atoms with Gasteiger partial charge in [0.25, 0.3) is 11.8 Å². The van der Waals surface area contributed by atoms with Crippen molar-refractivity contribution < 1.29 is 71.8 Å². The van der Waals surface area contributed by atoms with Crippen LogP contribution in [0.2, 0.25) is 5.02 Å². The fraction of sp³-hybridized carbons (Fsp3) is 0.587. The Hall–Kier alpha value is -5.50. The fourth-order valence-corrected chi connectivity index (χ4v) is 9.28. The van der Waals surface area contributed by atoms with Crippen molar-refractivity contribution in [3.63, 3.8) is 0 Å². The molecule has 4 heterocycles. The number of nitrogens with zero attached hydrogens (tertiary/aromatic N) is 3. The number of anilines is 1. The molecule has 6 rings (SSSR count). The number of nitrogens with one attached hydrogen (secondary N) is 1. The number of likely N-dealkylation sites (N-methyl/N-ethyl adjacent to an activating group) is 1. The average molecular weight is 943 g/mol. The first-order valence-electron chi connectivity index (χ1n) is 21.9. The van der Waals surface area contributed by atoms with Crippen molar-refractivity contribution in [3.05, 3.63) is 58.7 Å². The van der Waals surface area contributed by atoms with Gasteiger partial charge in [0, 0.05) is 52.2 Å². The van der Waals surface area contributed by atoms with Crippen molar-refractivity contribution in [2.24, 2.45) is 17.8 Å². The number of halogens is 1. The average Bonchev–Trinajstić information content (AvgIpc) is 3.89. The summed E-state index contributed by atoms with van der Waals surface area (Å²) in [7, 11) is 5.68. The number of amides is 5. The van der Waals surface area contributed by atoms with Gasteiger partial charge in [-0.3, -0.25) is 34.3 Å². The van der Waals surface area contributed by atoms with E-state index >= 15 is 0 Å². The van der Waals surface area contributed by atoms with Gasteiger partial charge in [-0.25, -0.2) is 14.4 Å². The van der Waals surface area contributed by atoms with Crippen LogP contribution in [-0.2, 0) is 58.8 Å². The first-order valence-corrected chi connectivity index (χ1v) is 22.3. The molecule has 360 valence electrons. The van der Waals surface area contributed by atoms with Crippen LogP contribution in [0, 0.1) is 17.8 Å². The number of fused-ring (bicyclic) bond motifs is 5. The number of benzene rings is 1. The first kappa shape index (κ1) is 49.9. The third kappa shape index (κ3) is 11.0. The number of imide groups is 1. The highest BCUT2D eigenvalue weighted by atomic mass is 35.5. The molecule has 1 aromatic carbocycles. The van der Waals surface area contributed by atoms with E-state index in [4.69, 9.17) is 44.8 Å². The molecule has 1 aromatic rings. The number of epoxide rings is 1. The molecule has 1 aliphatic carbocycles. The number of carbonyl (C=O) groups is 7. The summed E-state index contributed by atoms with van der Waals surface area (Å²) in [5.74, 6) is -3.40. The summed E-state index contributed by atoms with van der Waals surface area (Å²) < 4.78 is 39.6. The largest absolute Gasteiger partial charge is 0.495 e. The number of allylic oxidation sites excluding steroid dienone is 3. The molecule has 5 amide bonds. The maximum atomic E-state index is 14.3. The zero-order valence-electron chi connectivity index (χ0n) is 38.4. The van der Waals surface area contributed by atoms with E-state index in [9.17, 15) is 38.7 Å². The summed E-state index contributed by atoms with van der Waals surface area (Å²) in [5.41, 5.74) is -1.24. The number of hydrogen-bond donors (Lipinski definition) is 2. The van der Waals surface area contributed by atoms with Crippen LogP contribution in [0.3, 0.4) is 0 Å². The topological polar surface area (TPSA) is 229 Å². The molecule has 1 unspecified atom stereocenters. The zero-order valence-corrected chi connectivity index (χ0v) is 39.2. The molecule has 5 aliphatic rings. The second kappa shape index (κ2) is 20.6. The van der Waals surface area contributed by atoms with Gasteiger partial charge in [0.2, 0.25) is 12.7 Å².